The summed E-state index contributed by atoms with van der Waals surface area (Å²) in [6.07, 6.45) is 4.19. The van der Waals surface area contributed by atoms with Gasteiger partial charge in [0.15, 0.2) is 0 Å². The first-order chi connectivity index (χ1) is 8.99. The van der Waals surface area contributed by atoms with Gasteiger partial charge in [-0.2, -0.15) is 0 Å². The summed E-state index contributed by atoms with van der Waals surface area (Å²) < 4.78 is 5.40. The lowest BCUT2D eigenvalue weighted by atomic mass is 9.83. The molecule has 0 fully saturated rings. The Labute approximate surface area is 118 Å². The topological polar surface area (TPSA) is 46.5 Å². The summed E-state index contributed by atoms with van der Waals surface area (Å²) in [5, 5.41) is 9.88. The number of carboxylic acids is 1. The van der Waals surface area contributed by atoms with Crippen LogP contribution in [0.4, 0.5) is 0 Å². The highest BCUT2D eigenvalue weighted by atomic mass is 35.5. The summed E-state index contributed by atoms with van der Waals surface area (Å²) in [6.45, 7) is 3.66. The predicted octanol–water partition coefficient (Wildman–Crippen LogP) is 3.72. The molecule has 19 heavy (non-hydrogen) atoms. The van der Waals surface area contributed by atoms with Crippen molar-refractivity contribution in [2.75, 3.05) is 7.11 Å². The molecule has 1 aliphatic carbocycles. The Morgan fingerprint density at radius 2 is 1.89 bits per heavy atom. The molecule has 1 aromatic rings. The Balaban J connectivity index is 2.71. The molecule has 104 valence electrons. The molecule has 1 N–H and O–H groups in total. The van der Waals surface area contributed by atoms with E-state index >= 15 is 0 Å². The average molecular weight is 283 g/mol. The first kappa shape index (κ1) is 14.2. The highest BCUT2D eigenvalue weighted by Gasteiger charge is 2.28. The summed E-state index contributed by atoms with van der Waals surface area (Å²) in [5.74, 6) is -0.928. The summed E-state index contributed by atoms with van der Waals surface area (Å²) in [7, 11) is 1.55. The quantitative estimate of drug-likeness (QED) is 0.919. The maximum Gasteiger partial charge on any atom is 0.310 e. The molecule has 0 amide bonds. The van der Waals surface area contributed by atoms with Crippen LogP contribution in [-0.4, -0.2) is 18.2 Å². The summed E-state index contributed by atoms with van der Waals surface area (Å²) in [5.41, 5.74) is 4.12. The summed E-state index contributed by atoms with van der Waals surface area (Å²) >= 11 is 6.43. The van der Waals surface area contributed by atoms with Crippen molar-refractivity contribution in [1.82, 2.24) is 0 Å². The molecule has 0 radical (unpaired) electrons. The monoisotopic (exact) mass is 282 g/mol. The Kier molecular flexibility index (Phi) is 4.04. The SMILES string of the molecule is COc1c(Cl)c2c(c(C)c1C(C)C(=O)O)CCCC2. The van der Waals surface area contributed by atoms with Crippen molar-refractivity contribution >= 4 is 17.6 Å². The maximum absolute atomic E-state index is 11.3. The molecule has 0 spiro atoms. The first-order valence-electron chi connectivity index (χ1n) is 6.59. The number of methoxy groups -OCH3 is 1. The minimum Gasteiger partial charge on any atom is -0.495 e. The lowest BCUT2D eigenvalue weighted by Crippen LogP contribution is -2.15. The second-order valence-electron chi connectivity index (χ2n) is 5.11. The van der Waals surface area contributed by atoms with E-state index in [4.69, 9.17) is 16.3 Å². The van der Waals surface area contributed by atoms with Gasteiger partial charge in [0.25, 0.3) is 0 Å². The highest BCUT2D eigenvalue weighted by Crippen LogP contribution is 2.43. The van der Waals surface area contributed by atoms with Crippen molar-refractivity contribution in [2.24, 2.45) is 0 Å². The van der Waals surface area contributed by atoms with Crippen LogP contribution in [0.2, 0.25) is 5.02 Å². The molecule has 0 heterocycles. The molecule has 0 aromatic heterocycles. The van der Waals surface area contributed by atoms with Crippen LogP contribution in [0.25, 0.3) is 0 Å². The van der Waals surface area contributed by atoms with E-state index in [2.05, 4.69) is 0 Å². The molecule has 2 rings (SSSR count). The number of hydrogen-bond donors (Lipinski definition) is 1. The van der Waals surface area contributed by atoms with Crippen LogP contribution in [0.15, 0.2) is 0 Å². The van der Waals surface area contributed by atoms with Crippen LogP contribution in [0.1, 0.15) is 47.9 Å². The fourth-order valence-corrected chi connectivity index (χ4v) is 3.38. The van der Waals surface area contributed by atoms with Crippen molar-refractivity contribution in [2.45, 2.75) is 45.4 Å². The minimum absolute atomic E-state index is 0.537. The van der Waals surface area contributed by atoms with Gasteiger partial charge in [0, 0.05) is 5.56 Å². The highest BCUT2D eigenvalue weighted by molar-refractivity contribution is 6.33. The van der Waals surface area contributed by atoms with Crippen molar-refractivity contribution in [3.05, 3.63) is 27.3 Å². The number of benzene rings is 1. The summed E-state index contributed by atoms with van der Waals surface area (Å²) in [6, 6.07) is 0. The van der Waals surface area contributed by atoms with Crippen molar-refractivity contribution in [3.63, 3.8) is 0 Å². The molecular formula is C15H19ClO3. The lowest BCUT2D eigenvalue weighted by Gasteiger charge is -2.26. The van der Waals surface area contributed by atoms with E-state index in [1.165, 1.54) is 5.56 Å². The van der Waals surface area contributed by atoms with Gasteiger partial charge in [0.1, 0.15) is 5.75 Å². The number of hydrogen-bond acceptors (Lipinski definition) is 2. The third-order valence-corrected chi connectivity index (χ3v) is 4.44. The van der Waals surface area contributed by atoms with Crippen LogP contribution in [-0.2, 0) is 17.6 Å². The number of rotatable bonds is 3. The second-order valence-corrected chi connectivity index (χ2v) is 5.49. The van der Waals surface area contributed by atoms with Gasteiger partial charge < -0.3 is 9.84 Å². The van der Waals surface area contributed by atoms with Crippen LogP contribution >= 0.6 is 11.6 Å². The van der Waals surface area contributed by atoms with E-state index < -0.39 is 11.9 Å². The number of carboxylic acid groups (broad SMARTS) is 1. The summed E-state index contributed by atoms with van der Waals surface area (Å²) in [4.78, 5) is 11.3. The Hall–Kier alpha value is -1.22. The number of carbonyl (C=O) groups is 1. The number of ether oxygens (including phenoxy) is 1. The molecular weight excluding hydrogens is 264 g/mol. The Bertz CT molecular complexity index is 523. The van der Waals surface area contributed by atoms with E-state index in [0.29, 0.717) is 10.8 Å². The van der Waals surface area contributed by atoms with Gasteiger partial charge in [-0.1, -0.05) is 11.6 Å². The van der Waals surface area contributed by atoms with Crippen LogP contribution < -0.4 is 4.74 Å². The molecule has 0 saturated heterocycles. The molecule has 3 nitrogen and oxygen atoms in total. The Morgan fingerprint density at radius 1 is 1.32 bits per heavy atom. The van der Waals surface area contributed by atoms with Gasteiger partial charge >= 0.3 is 5.97 Å². The smallest absolute Gasteiger partial charge is 0.310 e. The minimum atomic E-state index is -0.853. The fourth-order valence-electron chi connectivity index (χ4n) is 2.99. The van der Waals surface area contributed by atoms with Crippen molar-refractivity contribution in [3.8, 4) is 5.75 Å². The first-order valence-corrected chi connectivity index (χ1v) is 6.97. The van der Waals surface area contributed by atoms with E-state index in [9.17, 15) is 9.90 Å². The van der Waals surface area contributed by atoms with Crippen LogP contribution in [0, 0.1) is 6.92 Å². The van der Waals surface area contributed by atoms with Crippen LogP contribution in [0.5, 0.6) is 5.75 Å². The van der Waals surface area contributed by atoms with Crippen molar-refractivity contribution in [1.29, 1.82) is 0 Å². The van der Waals surface area contributed by atoms with Gasteiger partial charge in [-0.05, 0) is 56.2 Å². The van der Waals surface area contributed by atoms with Gasteiger partial charge in [0.2, 0.25) is 0 Å². The van der Waals surface area contributed by atoms with Gasteiger partial charge in [-0.15, -0.1) is 0 Å². The number of aliphatic carboxylic acids is 1. The molecule has 4 heteroatoms. The maximum atomic E-state index is 11.3. The Morgan fingerprint density at radius 3 is 2.42 bits per heavy atom. The van der Waals surface area contributed by atoms with E-state index in [0.717, 1.165) is 42.4 Å². The molecule has 1 aromatic carbocycles. The van der Waals surface area contributed by atoms with E-state index in [1.54, 1.807) is 14.0 Å². The zero-order chi connectivity index (χ0) is 14.2. The lowest BCUT2D eigenvalue weighted by molar-refractivity contribution is -0.138. The molecule has 1 atom stereocenters. The zero-order valence-electron chi connectivity index (χ0n) is 11.5. The largest absolute Gasteiger partial charge is 0.495 e. The number of fused-ring (bicyclic) bond motifs is 1. The van der Waals surface area contributed by atoms with E-state index in [1.807, 2.05) is 6.92 Å². The standard InChI is InChI=1S/C15H19ClO3/c1-8-10-6-4-5-7-11(10)13(16)14(19-3)12(8)9(2)15(17)18/h9H,4-7H2,1-3H3,(H,17,18). The van der Waals surface area contributed by atoms with Crippen molar-refractivity contribution < 1.29 is 14.6 Å². The van der Waals surface area contributed by atoms with Crippen LogP contribution in [0.3, 0.4) is 0 Å². The molecule has 1 unspecified atom stereocenters. The molecule has 1 aliphatic rings. The van der Waals surface area contributed by atoms with Gasteiger partial charge in [-0.25, -0.2) is 0 Å². The van der Waals surface area contributed by atoms with E-state index in [-0.39, 0.29) is 0 Å². The zero-order valence-corrected chi connectivity index (χ0v) is 12.3. The van der Waals surface area contributed by atoms with Gasteiger partial charge in [0.05, 0.1) is 18.1 Å². The van der Waals surface area contributed by atoms with Gasteiger partial charge in [-0.3, -0.25) is 4.79 Å². The number of halogens is 1. The third kappa shape index (κ3) is 2.32. The molecule has 0 saturated carbocycles. The molecule has 0 bridgehead atoms. The fraction of sp³-hybridized carbons (Fsp3) is 0.533. The third-order valence-electron chi connectivity index (χ3n) is 4.04. The molecule has 0 aliphatic heterocycles. The second kappa shape index (κ2) is 5.41. The predicted molar refractivity (Wildman–Crippen MR) is 75.4 cm³/mol. The normalized spacial score (nSPS) is 15.8. The average Bonchev–Trinajstić information content (AvgIpc) is 2.41.